The number of ether oxygens (including phenoxy) is 1. The zero-order chi connectivity index (χ0) is 13.9. The summed E-state index contributed by atoms with van der Waals surface area (Å²) in [6, 6.07) is 14.9. The van der Waals surface area contributed by atoms with E-state index in [0.29, 0.717) is 5.92 Å². The lowest BCUT2D eigenvalue weighted by atomic mass is 9.93. The van der Waals surface area contributed by atoms with E-state index in [9.17, 15) is 0 Å². The Balaban J connectivity index is 1.71. The largest absolute Gasteiger partial charge is 0.493 e. The smallest absolute Gasteiger partial charge is 0.122 e. The van der Waals surface area contributed by atoms with Crippen molar-refractivity contribution in [1.82, 2.24) is 0 Å². The molecule has 1 unspecified atom stereocenters. The number of benzene rings is 2. The summed E-state index contributed by atoms with van der Waals surface area (Å²) in [7, 11) is 0. The molecule has 0 saturated carbocycles. The highest BCUT2D eigenvalue weighted by atomic mass is 16.5. The van der Waals surface area contributed by atoms with Gasteiger partial charge in [-0.15, -0.1) is 0 Å². The lowest BCUT2D eigenvalue weighted by Crippen LogP contribution is -2.20. The predicted octanol–water partition coefficient (Wildman–Crippen LogP) is 4.28. The molecular formula is C18H21NO. The quantitative estimate of drug-likeness (QED) is 0.896. The van der Waals surface area contributed by atoms with E-state index in [0.717, 1.165) is 25.3 Å². The van der Waals surface area contributed by atoms with Crippen LogP contribution in [0.2, 0.25) is 0 Å². The third-order valence-corrected chi connectivity index (χ3v) is 4.14. The maximum Gasteiger partial charge on any atom is 0.122 e. The van der Waals surface area contributed by atoms with Gasteiger partial charge in [0.05, 0.1) is 6.61 Å². The number of nitrogens with one attached hydrogen (secondary N) is 1. The molecule has 2 nitrogen and oxygen atoms in total. The van der Waals surface area contributed by atoms with E-state index in [1.54, 1.807) is 0 Å². The fourth-order valence-electron chi connectivity index (χ4n) is 2.72. The van der Waals surface area contributed by atoms with E-state index in [2.05, 4.69) is 55.6 Å². The molecule has 0 saturated heterocycles. The molecule has 1 aliphatic heterocycles. The van der Waals surface area contributed by atoms with Crippen LogP contribution in [0.15, 0.2) is 42.5 Å². The molecule has 0 radical (unpaired) electrons. The van der Waals surface area contributed by atoms with Gasteiger partial charge in [0.25, 0.3) is 0 Å². The maximum absolute atomic E-state index is 5.71. The second-order valence-corrected chi connectivity index (χ2v) is 5.55. The minimum Gasteiger partial charge on any atom is -0.493 e. The number of rotatable bonds is 3. The zero-order valence-electron chi connectivity index (χ0n) is 12.1. The van der Waals surface area contributed by atoms with E-state index >= 15 is 0 Å². The highest BCUT2D eigenvalue weighted by molar-refractivity contribution is 5.49. The number of anilines is 1. The van der Waals surface area contributed by atoms with Gasteiger partial charge in [-0.1, -0.05) is 24.3 Å². The molecule has 0 spiro atoms. The molecule has 1 heterocycles. The van der Waals surface area contributed by atoms with Crippen LogP contribution in [0.5, 0.6) is 5.75 Å². The van der Waals surface area contributed by atoms with Crippen LogP contribution in [0.3, 0.4) is 0 Å². The molecule has 0 fully saturated rings. The van der Waals surface area contributed by atoms with E-state index in [1.807, 2.05) is 6.07 Å². The predicted molar refractivity (Wildman–Crippen MR) is 83.7 cm³/mol. The summed E-state index contributed by atoms with van der Waals surface area (Å²) in [5.74, 6) is 1.58. The van der Waals surface area contributed by atoms with Crippen LogP contribution >= 0.6 is 0 Å². The topological polar surface area (TPSA) is 21.3 Å². The van der Waals surface area contributed by atoms with Gasteiger partial charge < -0.3 is 10.1 Å². The van der Waals surface area contributed by atoms with Crippen molar-refractivity contribution in [2.24, 2.45) is 0 Å². The Kier molecular flexibility index (Phi) is 3.64. The molecule has 3 rings (SSSR count). The number of fused-ring (bicyclic) bond motifs is 1. The normalized spacial score (nSPS) is 17.2. The fraction of sp³-hybridized carbons (Fsp3) is 0.333. The van der Waals surface area contributed by atoms with Gasteiger partial charge in [-0.25, -0.2) is 0 Å². The highest BCUT2D eigenvalue weighted by Crippen LogP contribution is 2.33. The molecule has 0 aliphatic carbocycles. The minimum atomic E-state index is 0.529. The van der Waals surface area contributed by atoms with Gasteiger partial charge in [0, 0.05) is 18.2 Å². The van der Waals surface area contributed by atoms with Gasteiger partial charge in [0.2, 0.25) is 0 Å². The molecule has 0 aromatic heterocycles. The fourth-order valence-corrected chi connectivity index (χ4v) is 2.72. The standard InChI is InChI=1S/C18H21NO/c1-13-7-8-16(11-14(13)2)19-12-15-9-10-20-18-6-4-3-5-17(15)18/h3-8,11,15,19H,9-10,12H2,1-2H3. The lowest BCUT2D eigenvalue weighted by molar-refractivity contribution is 0.270. The number of hydrogen-bond donors (Lipinski definition) is 1. The van der Waals surface area contributed by atoms with Crippen molar-refractivity contribution in [1.29, 1.82) is 0 Å². The first-order valence-electron chi connectivity index (χ1n) is 7.27. The Bertz CT molecular complexity index is 606. The molecule has 2 heteroatoms. The van der Waals surface area contributed by atoms with Crippen LogP contribution < -0.4 is 10.1 Å². The number of hydrogen-bond acceptors (Lipinski definition) is 2. The van der Waals surface area contributed by atoms with Crippen molar-refractivity contribution in [2.45, 2.75) is 26.2 Å². The summed E-state index contributed by atoms with van der Waals surface area (Å²) in [6.45, 7) is 6.08. The third-order valence-electron chi connectivity index (χ3n) is 4.14. The van der Waals surface area contributed by atoms with Crippen molar-refractivity contribution < 1.29 is 4.74 Å². The van der Waals surface area contributed by atoms with Crippen molar-refractivity contribution in [2.75, 3.05) is 18.5 Å². The molecule has 0 amide bonds. The molecule has 0 bridgehead atoms. The molecule has 2 aromatic rings. The lowest BCUT2D eigenvalue weighted by Gasteiger charge is -2.26. The van der Waals surface area contributed by atoms with Gasteiger partial charge in [-0.3, -0.25) is 0 Å². The Morgan fingerprint density at radius 1 is 1.10 bits per heavy atom. The second-order valence-electron chi connectivity index (χ2n) is 5.55. The Labute approximate surface area is 120 Å². The number of aryl methyl sites for hydroxylation is 2. The Morgan fingerprint density at radius 2 is 1.95 bits per heavy atom. The van der Waals surface area contributed by atoms with Crippen molar-refractivity contribution in [3.8, 4) is 5.75 Å². The van der Waals surface area contributed by atoms with Crippen LogP contribution in [0.4, 0.5) is 5.69 Å². The van der Waals surface area contributed by atoms with Gasteiger partial charge in [0.15, 0.2) is 0 Å². The summed E-state index contributed by atoms with van der Waals surface area (Å²) in [5, 5.41) is 3.57. The van der Waals surface area contributed by atoms with Gasteiger partial charge in [0.1, 0.15) is 5.75 Å². The first kappa shape index (κ1) is 13.0. The van der Waals surface area contributed by atoms with Crippen molar-refractivity contribution in [3.63, 3.8) is 0 Å². The van der Waals surface area contributed by atoms with Crippen LogP contribution in [0.1, 0.15) is 29.0 Å². The molecule has 1 N–H and O–H groups in total. The third kappa shape index (κ3) is 2.64. The molecular weight excluding hydrogens is 246 g/mol. The van der Waals surface area contributed by atoms with Crippen LogP contribution in [-0.2, 0) is 0 Å². The van der Waals surface area contributed by atoms with Gasteiger partial charge >= 0.3 is 0 Å². The van der Waals surface area contributed by atoms with Crippen LogP contribution in [-0.4, -0.2) is 13.2 Å². The van der Waals surface area contributed by atoms with E-state index < -0.39 is 0 Å². The van der Waals surface area contributed by atoms with Gasteiger partial charge in [-0.05, 0) is 55.2 Å². The molecule has 1 aliphatic rings. The van der Waals surface area contributed by atoms with E-state index in [1.165, 1.54) is 22.4 Å². The van der Waals surface area contributed by atoms with Crippen molar-refractivity contribution >= 4 is 5.69 Å². The second kappa shape index (κ2) is 5.58. The van der Waals surface area contributed by atoms with E-state index in [4.69, 9.17) is 4.74 Å². The van der Waals surface area contributed by atoms with Crippen LogP contribution in [0.25, 0.3) is 0 Å². The highest BCUT2D eigenvalue weighted by Gasteiger charge is 2.20. The average Bonchev–Trinajstić information content (AvgIpc) is 2.48. The molecule has 2 aromatic carbocycles. The Morgan fingerprint density at radius 3 is 2.80 bits per heavy atom. The summed E-state index contributed by atoms with van der Waals surface area (Å²) in [6.07, 6.45) is 1.08. The maximum atomic E-state index is 5.71. The monoisotopic (exact) mass is 267 g/mol. The average molecular weight is 267 g/mol. The first-order chi connectivity index (χ1) is 9.74. The molecule has 104 valence electrons. The van der Waals surface area contributed by atoms with Crippen LogP contribution in [0, 0.1) is 13.8 Å². The SMILES string of the molecule is Cc1ccc(NCC2CCOc3ccccc32)cc1C. The summed E-state index contributed by atoms with van der Waals surface area (Å²) in [5.41, 5.74) is 5.21. The van der Waals surface area contributed by atoms with E-state index in [-0.39, 0.29) is 0 Å². The Hall–Kier alpha value is -1.96. The van der Waals surface area contributed by atoms with Gasteiger partial charge in [-0.2, -0.15) is 0 Å². The molecule has 1 atom stereocenters. The molecule has 20 heavy (non-hydrogen) atoms. The summed E-state index contributed by atoms with van der Waals surface area (Å²) < 4.78 is 5.71. The zero-order valence-corrected chi connectivity index (χ0v) is 12.1. The van der Waals surface area contributed by atoms with Crippen molar-refractivity contribution in [3.05, 3.63) is 59.2 Å². The first-order valence-corrected chi connectivity index (χ1v) is 7.27. The summed E-state index contributed by atoms with van der Waals surface area (Å²) >= 11 is 0. The minimum absolute atomic E-state index is 0.529. The summed E-state index contributed by atoms with van der Waals surface area (Å²) in [4.78, 5) is 0. The number of para-hydroxylation sites is 1.